The van der Waals surface area contributed by atoms with E-state index in [9.17, 15) is 4.39 Å². The SMILES string of the molecule is Cc1ccccc1N=Cc1cccc(OCc2cccc(F)c2)c1. The van der Waals surface area contributed by atoms with Crippen molar-refractivity contribution in [1.82, 2.24) is 0 Å². The number of aliphatic imine (C=N–C) groups is 1. The summed E-state index contributed by atoms with van der Waals surface area (Å²) in [7, 11) is 0. The van der Waals surface area contributed by atoms with Gasteiger partial charge in [0, 0.05) is 6.21 Å². The van der Waals surface area contributed by atoms with Gasteiger partial charge in [-0.1, -0.05) is 42.5 Å². The van der Waals surface area contributed by atoms with Gasteiger partial charge in [0.15, 0.2) is 0 Å². The van der Waals surface area contributed by atoms with Gasteiger partial charge in [-0.15, -0.1) is 0 Å². The van der Waals surface area contributed by atoms with Crippen LogP contribution < -0.4 is 4.74 Å². The topological polar surface area (TPSA) is 21.6 Å². The van der Waals surface area contributed by atoms with E-state index in [0.717, 1.165) is 28.1 Å². The molecule has 0 aliphatic heterocycles. The Kier molecular flexibility index (Phi) is 5.02. The van der Waals surface area contributed by atoms with Gasteiger partial charge in [-0.2, -0.15) is 0 Å². The van der Waals surface area contributed by atoms with Crippen molar-refractivity contribution in [1.29, 1.82) is 0 Å². The number of rotatable bonds is 5. The summed E-state index contributed by atoms with van der Waals surface area (Å²) in [5.74, 6) is 0.475. The highest BCUT2D eigenvalue weighted by molar-refractivity contribution is 5.82. The standard InChI is InChI=1S/C21H18FNO/c1-16-6-2-3-11-21(16)23-14-17-7-5-10-20(13-17)24-15-18-8-4-9-19(22)12-18/h2-14H,15H2,1H3. The van der Waals surface area contributed by atoms with Gasteiger partial charge < -0.3 is 4.74 Å². The van der Waals surface area contributed by atoms with Gasteiger partial charge in [0.25, 0.3) is 0 Å². The van der Waals surface area contributed by atoms with Crippen molar-refractivity contribution in [2.24, 2.45) is 4.99 Å². The quantitative estimate of drug-likeness (QED) is 0.572. The van der Waals surface area contributed by atoms with Crippen LogP contribution in [0.5, 0.6) is 5.75 Å². The third-order valence-electron chi connectivity index (χ3n) is 3.62. The van der Waals surface area contributed by atoms with Crippen molar-refractivity contribution >= 4 is 11.9 Å². The average Bonchev–Trinajstić information content (AvgIpc) is 2.60. The average molecular weight is 319 g/mol. The molecule has 3 heteroatoms. The van der Waals surface area contributed by atoms with Crippen molar-refractivity contribution in [3.05, 3.63) is 95.3 Å². The minimum atomic E-state index is -0.254. The molecule has 3 aromatic carbocycles. The van der Waals surface area contributed by atoms with Crippen molar-refractivity contribution < 1.29 is 9.13 Å². The Hall–Kier alpha value is -2.94. The predicted molar refractivity (Wildman–Crippen MR) is 95.6 cm³/mol. The molecule has 0 aliphatic rings. The molecule has 3 rings (SSSR count). The molecule has 0 aromatic heterocycles. The smallest absolute Gasteiger partial charge is 0.123 e. The summed E-state index contributed by atoms with van der Waals surface area (Å²) < 4.78 is 18.9. The second kappa shape index (κ2) is 7.55. The van der Waals surface area contributed by atoms with E-state index in [1.54, 1.807) is 6.07 Å². The highest BCUT2D eigenvalue weighted by Crippen LogP contribution is 2.18. The number of nitrogens with zero attached hydrogens (tertiary/aromatic N) is 1. The van der Waals surface area contributed by atoms with Crippen LogP contribution in [0.4, 0.5) is 10.1 Å². The molecule has 0 atom stereocenters. The summed E-state index contributed by atoms with van der Waals surface area (Å²) in [6.07, 6.45) is 1.82. The van der Waals surface area contributed by atoms with Gasteiger partial charge in [0.2, 0.25) is 0 Å². The molecular weight excluding hydrogens is 301 g/mol. The van der Waals surface area contributed by atoms with Crippen LogP contribution in [0.1, 0.15) is 16.7 Å². The molecule has 0 saturated heterocycles. The summed E-state index contributed by atoms with van der Waals surface area (Å²) in [5.41, 5.74) is 3.83. The lowest BCUT2D eigenvalue weighted by atomic mass is 10.2. The second-order valence-electron chi connectivity index (χ2n) is 5.54. The number of halogens is 1. The number of benzene rings is 3. The molecule has 0 bridgehead atoms. The molecule has 0 N–H and O–H groups in total. The number of ether oxygens (including phenoxy) is 1. The summed E-state index contributed by atoms with van der Waals surface area (Å²) >= 11 is 0. The Morgan fingerprint density at radius 1 is 0.958 bits per heavy atom. The summed E-state index contributed by atoms with van der Waals surface area (Å²) in [6, 6.07) is 22.1. The van der Waals surface area contributed by atoms with Crippen LogP contribution >= 0.6 is 0 Å². The zero-order valence-electron chi connectivity index (χ0n) is 13.4. The first kappa shape index (κ1) is 15.9. The van der Waals surface area contributed by atoms with Crippen LogP contribution in [-0.4, -0.2) is 6.21 Å². The Balaban J connectivity index is 1.69. The Labute approximate surface area is 141 Å². The molecule has 0 fully saturated rings. The first-order chi connectivity index (χ1) is 11.7. The fourth-order valence-electron chi connectivity index (χ4n) is 2.33. The predicted octanol–water partition coefficient (Wildman–Crippen LogP) is 5.46. The van der Waals surface area contributed by atoms with E-state index >= 15 is 0 Å². The van der Waals surface area contributed by atoms with Crippen molar-refractivity contribution in [2.75, 3.05) is 0 Å². The van der Waals surface area contributed by atoms with E-state index in [0.29, 0.717) is 6.61 Å². The van der Waals surface area contributed by atoms with Gasteiger partial charge in [-0.3, -0.25) is 4.99 Å². The molecule has 0 spiro atoms. The maximum atomic E-state index is 13.2. The Morgan fingerprint density at radius 3 is 2.62 bits per heavy atom. The molecule has 3 aromatic rings. The third-order valence-corrected chi connectivity index (χ3v) is 3.62. The van der Waals surface area contributed by atoms with Gasteiger partial charge >= 0.3 is 0 Å². The molecule has 0 unspecified atom stereocenters. The highest BCUT2D eigenvalue weighted by Gasteiger charge is 1.99. The molecular formula is C21H18FNO. The van der Waals surface area contributed by atoms with E-state index in [1.807, 2.05) is 67.7 Å². The van der Waals surface area contributed by atoms with Crippen LogP contribution in [0.2, 0.25) is 0 Å². The van der Waals surface area contributed by atoms with E-state index in [1.165, 1.54) is 12.1 Å². The van der Waals surface area contributed by atoms with Crippen molar-refractivity contribution in [2.45, 2.75) is 13.5 Å². The van der Waals surface area contributed by atoms with Crippen LogP contribution in [-0.2, 0) is 6.61 Å². The molecule has 0 saturated carbocycles. The van der Waals surface area contributed by atoms with Crippen LogP contribution in [0.15, 0.2) is 77.8 Å². The minimum absolute atomic E-state index is 0.254. The zero-order valence-corrected chi connectivity index (χ0v) is 13.4. The highest BCUT2D eigenvalue weighted by atomic mass is 19.1. The fourth-order valence-corrected chi connectivity index (χ4v) is 2.33. The number of hydrogen-bond acceptors (Lipinski definition) is 2. The largest absolute Gasteiger partial charge is 0.489 e. The van der Waals surface area contributed by atoms with Gasteiger partial charge in [0.05, 0.1) is 5.69 Å². The summed E-state index contributed by atoms with van der Waals surface area (Å²) in [5, 5.41) is 0. The van der Waals surface area contributed by atoms with Gasteiger partial charge in [-0.05, 0) is 53.9 Å². The first-order valence-electron chi connectivity index (χ1n) is 7.78. The lowest BCUT2D eigenvalue weighted by molar-refractivity contribution is 0.305. The van der Waals surface area contributed by atoms with E-state index in [2.05, 4.69) is 4.99 Å². The molecule has 24 heavy (non-hydrogen) atoms. The van der Waals surface area contributed by atoms with Crippen LogP contribution in [0, 0.1) is 12.7 Å². The van der Waals surface area contributed by atoms with Crippen molar-refractivity contribution in [3.8, 4) is 5.75 Å². The summed E-state index contributed by atoms with van der Waals surface area (Å²) in [6.45, 7) is 2.36. The lowest BCUT2D eigenvalue weighted by Gasteiger charge is -2.07. The van der Waals surface area contributed by atoms with E-state index in [4.69, 9.17) is 4.74 Å². The number of aryl methyl sites for hydroxylation is 1. The van der Waals surface area contributed by atoms with E-state index < -0.39 is 0 Å². The second-order valence-corrected chi connectivity index (χ2v) is 5.54. The third kappa shape index (κ3) is 4.29. The first-order valence-corrected chi connectivity index (χ1v) is 7.78. The molecule has 0 heterocycles. The monoisotopic (exact) mass is 319 g/mol. The fraction of sp³-hybridized carbons (Fsp3) is 0.0952. The maximum Gasteiger partial charge on any atom is 0.123 e. The lowest BCUT2D eigenvalue weighted by Crippen LogP contribution is -1.96. The van der Waals surface area contributed by atoms with Crippen LogP contribution in [0.3, 0.4) is 0 Å². The zero-order chi connectivity index (χ0) is 16.8. The molecule has 0 aliphatic carbocycles. The molecule has 120 valence electrons. The van der Waals surface area contributed by atoms with Crippen LogP contribution in [0.25, 0.3) is 0 Å². The maximum absolute atomic E-state index is 13.2. The number of para-hydroxylation sites is 1. The Bertz CT molecular complexity index is 858. The summed E-state index contributed by atoms with van der Waals surface area (Å²) in [4.78, 5) is 4.52. The minimum Gasteiger partial charge on any atom is -0.489 e. The van der Waals surface area contributed by atoms with Gasteiger partial charge in [0.1, 0.15) is 18.2 Å². The molecule has 2 nitrogen and oxygen atoms in total. The molecule has 0 amide bonds. The van der Waals surface area contributed by atoms with Gasteiger partial charge in [-0.25, -0.2) is 4.39 Å². The van der Waals surface area contributed by atoms with Crippen molar-refractivity contribution in [3.63, 3.8) is 0 Å². The number of hydrogen-bond donors (Lipinski definition) is 0. The normalized spacial score (nSPS) is 10.9. The Morgan fingerprint density at radius 2 is 1.79 bits per heavy atom. The van der Waals surface area contributed by atoms with E-state index in [-0.39, 0.29) is 5.82 Å². The molecule has 0 radical (unpaired) electrons.